The quantitative estimate of drug-likeness (QED) is 0.926. The van der Waals surface area contributed by atoms with Gasteiger partial charge in [-0.15, -0.1) is 0 Å². The molecule has 0 aliphatic carbocycles. The molecule has 103 valence electrons. The summed E-state index contributed by atoms with van der Waals surface area (Å²) in [6, 6.07) is 5.42. The molecule has 1 saturated heterocycles. The van der Waals surface area contributed by atoms with Crippen molar-refractivity contribution in [2.24, 2.45) is 0 Å². The highest BCUT2D eigenvalue weighted by Crippen LogP contribution is 2.34. The zero-order valence-corrected chi connectivity index (χ0v) is 12.2. The fourth-order valence-corrected chi connectivity index (χ4v) is 2.80. The van der Waals surface area contributed by atoms with E-state index in [0.717, 1.165) is 43.1 Å². The van der Waals surface area contributed by atoms with E-state index in [0.29, 0.717) is 10.0 Å². The van der Waals surface area contributed by atoms with Gasteiger partial charge in [-0.2, -0.15) is 0 Å². The monoisotopic (exact) mass is 307 g/mol. The summed E-state index contributed by atoms with van der Waals surface area (Å²) in [5.41, 5.74) is 2.63. The van der Waals surface area contributed by atoms with Crippen molar-refractivity contribution in [2.45, 2.75) is 0 Å². The van der Waals surface area contributed by atoms with E-state index in [4.69, 9.17) is 23.2 Å². The first-order valence-electron chi connectivity index (χ1n) is 6.40. The smallest absolute Gasteiger partial charge is 0.198 e. The summed E-state index contributed by atoms with van der Waals surface area (Å²) in [5.74, 6) is 0. The molecule has 0 saturated carbocycles. The minimum atomic E-state index is 0.584. The number of rotatable bonds is 2. The van der Waals surface area contributed by atoms with Gasteiger partial charge in [-0.1, -0.05) is 23.2 Å². The summed E-state index contributed by atoms with van der Waals surface area (Å²) < 4.78 is 0. The van der Waals surface area contributed by atoms with Gasteiger partial charge in [0.25, 0.3) is 0 Å². The van der Waals surface area contributed by atoms with Crippen molar-refractivity contribution in [3.05, 3.63) is 40.8 Å². The van der Waals surface area contributed by atoms with E-state index in [2.05, 4.69) is 26.5 Å². The molecule has 1 N–H and O–H groups in total. The number of piperazine rings is 1. The third-order valence-electron chi connectivity index (χ3n) is 3.29. The molecule has 1 aliphatic rings. The van der Waals surface area contributed by atoms with E-state index in [9.17, 15) is 0 Å². The summed E-state index contributed by atoms with van der Waals surface area (Å²) in [6.45, 7) is 3.75. The molecule has 0 atom stereocenters. The van der Waals surface area contributed by atoms with Crippen LogP contribution in [0.2, 0.25) is 10.0 Å². The normalized spacial score (nSPS) is 15.4. The van der Waals surface area contributed by atoms with Crippen molar-refractivity contribution in [2.75, 3.05) is 31.1 Å². The second-order valence-electron chi connectivity index (χ2n) is 4.57. The third kappa shape index (κ3) is 2.73. The summed E-state index contributed by atoms with van der Waals surface area (Å²) >= 11 is 12.2. The number of benzene rings is 1. The van der Waals surface area contributed by atoms with Gasteiger partial charge < -0.3 is 10.2 Å². The lowest BCUT2D eigenvalue weighted by molar-refractivity contribution is 0.588. The van der Waals surface area contributed by atoms with Gasteiger partial charge in [-0.05, 0) is 18.2 Å². The Morgan fingerprint density at radius 3 is 2.75 bits per heavy atom. The maximum Gasteiger partial charge on any atom is 0.198 e. The fraction of sp³-hybridized carbons (Fsp3) is 0.286. The molecular formula is C14H13Cl2N4. The summed E-state index contributed by atoms with van der Waals surface area (Å²) in [5, 5.41) is 4.52. The minimum absolute atomic E-state index is 0.584. The van der Waals surface area contributed by atoms with E-state index >= 15 is 0 Å². The molecule has 0 unspecified atom stereocenters. The first kappa shape index (κ1) is 13.6. The van der Waals surface area contributed by atoms with Crippen LogP contribution in [0.3, 0.4) is 0 Å². The second kappa shape index (κ2) is 5.95. The van der Waals surface area contributed by atoms with Gasteiger partial charge in [-0.3, -0.25) is 0 Å². The molecule has 1 fully saturated rings. The van der Waals surface area contributed by atoms with Crippen molar-refractivity contribution < 1.29 is 0 Å². The van der Waals surface area contributed by atoms with Crippen molar-refractivity contribution >= 4 is 28.9 Å². The van der Waals surface area contributed by atoms with Gasteiger partial charge in [0.15, 0.2) is 6.33 Å². The largest absolute Gasteiger partial charge is 0.366 e. The topological polar surface area (TPSA) is 41.1 Å². The van der Waals surface area contributed by atoms with Crippen molar-refractivity contribution in [3.8, 4) is 11.3 Å². The van der Waals surface area contributed by atoms with Crippen LogP contribution >= 0.6 is 23.2 Å². The Labute approximate surface area is 127 Å². The van der Waals surface area contributed by atoms with Crippen LogP contribution < -0.4 is 10.2 Å². The highest BCUT2D eigenvalue weighted by Gasteiger charge is 2.18. The Morgan fingerprint density at radius 2 is 2.00 bits per heavy atom. The van der Waals surface area contributed by atoms with Crippen molar-refractivity contribution in [1.82, 2.24) is 15.3 Å². The maximum atomic E-state index is 6.29. The number of anilines is 1. The van der Waals surface area contributed by atoms with E-state index in [1.807, 2.05) is 12.1 Å². The number of hydrogen-bond acceptors (Lipinski definition) is 4. The Kier molecular flexibility index (Phi) is 4.05. The number of halogens is 2. The van der Waals surface area contributed by atoms with E-state index in [-0.39, 0.29) is 0 Å². The predicted molar refractivity (Wildman–Crippen MR) is 81.4 cm³/mol. The first-order chi connectivity index (χ1) is 9.75. The second-order valence-corrected chi connectivity index (χ2v) is 5.41. The number of nitrogens with one attached hydrogen (secondary N) is 1. The van der Waals surface area contributed by atoms with E-state index in [1.165, 1.54) is 0 Å². The minimum Gasteiger partial charge on any atom is -0.366 e. The Bertz CT molecular complexity index is 612. The van der Waals surface area contributed by atoms with Crippen LogP contribution in [0.4, 0.5) is 5.69 Å². The van der Waals surface area contributed by atoms with Gasteiger partial charge in [0.2, 0.25) is 0 Å². The number of hydrogen-bond donors (Lipinski definition) is 1. The number of aromatic nitrogens is 2. The molecule has 1 aliphatic heterocycles. The molecule has 1 aromatic heterocycles. The Hall–Kier alpha value is -1.36. The number of nitrogens with zero attached hydrogens (tertiary/aromatic N) is 3. The lowest BCUT2D eigenvalue weighted by Crippen LogP contribution is -2.43. The Morgan fingerprint density at radius 1 is 1.20 bits per heavy atom. The molecule has 1 aromatic carbocycles. The SMILES string of the molecule is Clc1ccc(-c2n[c]ncc2N2CCNCC2)c(Cl)c1. The zero-order chi connectivity index (χ0) is 13.9. The standard InChI is InChI=1S/C14H13Cl2N4/c15-10-1-2-11(12(16)7-10)14-13(8-18-9-19-14)20-5-3-17-4-6-20/h1-2,7-8,17H,3-6H2. The lowest BCUT2D eigenvalue weighted by Gasteiger charge is -2.30. The molecule has 2 aromatic rings. The molecule has 0 amide bonds. The molecule has 3 rings (SSSR count). The maximum absolute atomic E-state index is 6.29. The van der Waals surface area contributed by atoms with Crippen LogP contribution in [-0.2, 0) is 0 Å². The van der Waals surface area contributed by atoms with Crippen LogP contribution in [0.1, 0.15) is 0 Å². The van der Waals surface area contributed by atoms with Gasteiger partial charge >= 0.3 is 0 Å². The zero-order valence-electron chi connectivity index (χ0n) is 10.7. The average Bonchev–Trinajstić information content (AvgIpc) is 2.48. The van der Waals surface area contributed by atoms with Crippen LogP contribution in [0, 0.1) is 6.33 Å². The summed E-state index contributed by atoms with van der Waals surface area (Å²) in [7, 11) is 0. The predicted octanol–water partition coefficient (Wildman–Crippen LogP) is 2.66. The van der Waals surface area contributed by atoms with Gasteiger partial charge in [0, 0.05) is 36.8 Å². The molecule has 0 spiro atoms. The van der Waals surface area contributed by atoms with Gasteiger partial charge in [-0.25, -0.2) is 9.97 Å². The third-order valence-corrected chi connectivity index (χ3v) is 3.84. The molecule has 0 bridgehead atoms. The van der Waals surface area contributed by atoms with Crippen LogP contribution in [-0.4, -0.2) is 36.1 Å². The summed E-state index contributed by atoms with van der Waals surface area (Å²) in [6.07, 6.45) is 4.44. The Balaban J connectivity index is 2.04. The highest BCUT2D eigenvalue weighted by molar-refractivity contribution is 6.36. The van der Waals surface area contributed by atoms with Crippen molar-refractivity contribution in [1.29, 1.82) is 0 Å². The van der Waals surface area contributed by atoms with E-state index < -0.39 is 0 Å². The van der Waals surface area contributed by atoms with E-state index in [1.54, 1.807) is 12.3 Å². The highest BCUT2D eigenvalue weighted by atomic mass is 35.5. The molecule has 20 heavy (non-hydrogen) atoms. The molecule has 6 heteroatoms. The molecular weight excluding hydrogens is 295 g/mol. The fourth-order valence-electron chi connectivity index (χ4n) is 2.30. The average molecular weight is 308 g/mol. The van der Waals surface area contributed by atoms with Crippen molar-refractivity contribution in [3.63, 3.8) is 0 Å². The van der Waals surface area contributed by atoms with Crippen LogP contribution in [0.5, 0.6) is 0 Å². The first-order valence-corrected chi connectivity index (χ1v) is 7.15. The molecule has 2 heterocycles. The van der Waals surface area contributed by atoms with Crippen LogP contribution in [0.15, 0.2) is 24.4 Å². The molecule has 4 nitrogen and oxygen atoms in total. The van der Waals surface area contributed by atoms with Gasteiger partial charge in [0.1, 0.15) is 0 Å². The van der Waals surface area contributed by atoms with Crippen LogP contribution in [0.25, 0.3) is 11.3 Å². The summed E-state index contributed by atoms with van der Waals surface area (Å²) in [4.78, 5) is 10.6. The lowest BCUT2D eigenvalue weighted by atomic mass is 10.1. The van der Waals surface area contributed by atoms with Gasteiger partial charge in [0.05, 0.1) is 22.6 Å². The molecule has 1 radical (unpaired) electrons.